The fraction of sp³-hybridized carbons (Fsp3) is 0.500. The number of hydroxylamine groups is 2. The minimum atomic E-state index is -1.00. The van der Waals surface area contributed by atoms with Crippen molar-refractivity contribution in [3.05, 3.63) is 35.9 Å². The fourth-order valence-electron chi connectivity index (χ4n) is 2.64. The van der Waals surface area contributed by atoms with E-state index in [2.05, 4.69) is 0 Å². The molecule has 1 saturated heterocycles. The van der Waals surface area contributed by atoms with Gasteiger partial charge in [0.05, 0.1) is 13.2 Å². The molecule has 2 atom stereocenters. The maximum absolute atomic E-state index is 12.3. The molecule has 1 aliphatic heterocycles. The Kier molecular flexibility index (Phi) is 4.44. The van der Waals surface area contributed by atoms with E-state index in [4.69, 9.17) is 9.57 Å². The zero-order valence-corrected chi connectivity index (χ0v) is 12.7. The average Bonchev–Trinajstić information content (AvgIpc) is 2.73. The van der Waals surface area contributed by atoms with Crippen LogP contribution in [0.4, 0.5) is 0 Å². The summed E-state index contributed by atoms with van der Waals surface area (Å²) in [6.45, 7) is 5.91. The average molecular weight is 291 g/mol. The number of esters is 1. The van der Waals surface area contributed by atoms with E-state index in [1.165, 1.54) is 0 Å². The highest BCUT2D eigenvalue weighted by Crippen LogP contribution is 2.39. The third kappa shape index (κ3) is 3.14. The van der Waals surface area contributed by atoms with Gasteiger partial charge in [-0.3, -0.25) is 4.84 Å². The van der Waals surface area contributed by atoms with E-state index in [-0.39, 0.29) is 12.4 Å². The minimum absolute atomic E-state index is 0.273. The fourth-order valence-corrected chi connectivity index (χ4v) is 2.64. The van der Waals surface area contributed by atoms with E-state index in [1.807, 2.05) is 30.3 Å². The number of aldehydes is 1. The standard InChI is InChI=1S/C16H21NO4/c1-4-20-14(19)16(3)11-15(2,12-18)21-17(16)10-13-8-6-5-7-9-13/h5-9,12H,4,10-11H2,1-3H3/t15-,16+/m0/s1. The minimum Gasteiger partial charge on any atom is -0.465 e. The molecule has 1 heterocycles. The van der Waals surface area contributed by atoms with Crippen molar-refractivity contribution in [2.45, 2.75) is 44.9 Å². The second-order valence-electron chi connectivity index (χ2n) is 5.72. The smallest absolute Gasteiger partial charge is 0.328 e. The lowest BCUT2D eigenvalue weighted by Gasteiger charge is -2.30. The lowest BCUT2D eigenvalue weighted by atomic mass is 9.89. The van der Waals surface area contributed by atoms with Gasteiger partial charge < -0.3 is 9.53 Å². The van der Waals surface area contributed by atoms with Gasteiger partial charge in [-0.15, -0.1) is 0 Å². The van der Waals surface area contributed by atoms with Crippen LogP contribution >= 0.6 is 0 Å². The highest BCUT2D eigenvalue weighted by molar-refractivity contribution is 5.82. The summed E-state index contributed by atoms with van der Waals surface area (Å²) in [6.07, 6.45) is 1.02. The quantitative estimate of drug-likeness (QED) is 0.614. The van der Waals surface area contributed by atoms with Crippen LogP contribution in [0.25, 0.3) is 0 Å². The number of rotatable bonds is 5. The van der Waals surface area contributed by atoms with E-state index in [1.54, 1.807) is 25.8 Å². The summed E-state index contributed by atoms with van der Waals surface area (Å²) >= 11 is 0. The van der Waals surface area contributed by atoms with Crippen molar-refractivity contribution in [2.24, 2.45) is 0 Å². The third-order valence-electron chi connectivity index (χ3n) is 3.70. The van der Waals surface area contributed by atoms with Crippen LogP contribution in [-0.2, 0) is 25.7 Å². The first-order valence-corrected chi connectivity index (χ1v) is 7.08. The van der Waals surface area contributed by atoms with Crippen LogP contribution in [0.2, 0.25) is 0 Å². The number of hydrogen-bond acceptors (Lipinski definition) is 5. The van der Waals surface area contributed by atoms with Gasteiger partial charge in [0.1, 0.15) is 11.1 Å². The molecule has 1 fully saturated rings. The molecule has 1 aromatic rings. The molecule has 0 spiro atoms. The molecular formula is C16H21NO4. The SMILES string of the molecule is CCOC(=O)[C@@]1(C)C[C@@](C)(C=O)ON1Cc1ccccc1. The molecule has 0 aliphatic carbocycles. The molecule has 114 valence electrons. The Morgan fingerprint density at radius 2 is 2.05 bits per heavy atom. The van der Waals surface area contributed by atoms with E-state index in [0.29, 0.717) is 13.2 Å². The Hall–Kier alpha value is -1.72. The molecule has 0 amide bonds. The summed E-state index contributed by atoms with van der Waals surface area (Å²) in [6, 6.07) is 9.67. The molecular weight excluding hydrogens is 270 g/mol. The maximum Gasteiger partial charge on any atom is 0.328 e. The maximum atomic E-state index is 12.3. The zero-order chi connectivity index (χ0) is 15.5. The lowest BCUT2D eigenvalue weighted by molar-refractivity contribution is -0.221. The monoisotopic (exact) mass is 291 g/mol. The summed E-state index contributed by atoms with van der Waals surface area (Å²) in [5, 5.41) is 1.56. The zero-order valence-electron chi connectivity index (χ0n) is 12.7. The van der Waals surface area contributed by atoms with Gasteiger partial charge in [0.15, 0.2) is 6.29 Å². The summed E-state index contributed by atoms with van der Waals surface area (Å²) < 4.78 is 5.16. The van der Waals surface area contributed by atoms with Crippen molar-refractivity contribution >= 4 is 12.3 Å². The predicted molar refractivity (Wildman–Crippen MR) is 77.2 cm³/mol. The van der Waals surface area contributed by atoms with Gasteiger partial charge in [-0.25, -0.2) is 4.79 Å². The number of ether oxygens (including phenoxy) is 1. The summed E-state index contributed by atoms with van der Waals surface area (Å²) in [5.41, 5.74) is -0.971. The Morgan fingerprint density at radius 1 is 1.38 bits per heavy atom. The molecule has 2 rings (SSSR count). The van der Waals surface area contributed by atoms with Crippen LogP contribution in [0.5, 0.6) is 0 Å². The van der Waals surface area contributed by atoms with Gasteiger partial charge in [0.2, 0.25) is 0 Å². The molecule has 0 aromatic heterocycles. The predicted octanol–water partition coefficient (Wildman–Crippen LogP) is 2.10. The molecule has 0 bridgehead atoms. The number of hydrogen-bond donors (Lipinski definition) is 0. The van der Waals surface area contributed by atoms with Crippen LogP contribution in [0, 0.1) is 0 Å². The number of carbonyl (C=O) groups is 2. The van der Waals surface area contributed by atoms with Crippen LogP contribution < -0.4 is 0 Å². The van der Waals surface area contributed by atoms with Gasteiger partial charge in [-0.05, 0) is 26.3 Å². The number of carbonyl (C=O) groups excluding carboxylic acids is 2. The summed E-state index contributed by atoms with van der Waals surface area (Å²) in [7, 11) is 0. The Bertz CT molecular complexity index is 518. The normalized spacial score (nSPS) is 29.3. The third-order valence-corrected chi connectivity index (χ3v) is 3.70. The van der Waals surface area contributed by atoms with Gasteiger partial charge in [0, 0.05) is 6.42 Å². The van der Waals surface area contributed by atoms with E-state index < -0.39 is 11.1 Å². The van der Waals surface area contributed by atoms with Gasteiger partial charge in [-0.2, -0.15) is 5.06 Å². The van der Waals surface area contributed by atoms with E-state index >= 15 is 0 Å². The molecule has 0 N–H and O–H groups in total. The van der Waals surface area contributed by atoms with Crippen LogP contribution in [-0.4, -0.2) is 35.1 Å². The molecule has 0 unspecified atom stereocenters. The Labute approximate surface area is 124 Å². The van der Waals surface area contributed by atoms with Crippen molar-refractivity contribution in [1.82, 2.24) is 5.06 Å². The highest BCUT2D eigenvalue weighted by Gasteiger charge is 2.55. The second kappa shape index (κ2) is 5.95. The van der Waals surface area contributed by atoms with Crippen molar-refractivity contribution in [1.29, 1.82) is 0 Å². The Morgan fingerprint density at radius 3 is 2.62 bits per heavy atom. The molecule has 0 radical (unpaired) electrons. The second-order valence-corrected chi connectivity index (χ2v) is 5.72. The first-order chi connectivity index (χ1) is 9.93. The molecule has 1 aliphatic rings. The van der Waals surface area contributed by atoms with E-state index in [0.717, 1.165) is 11.8 Å². The first-order valence-electron chi connectivity index (χ1n) is 7.08. The van der Waals surface area contributed by atoms with Crippen molar-refractivity contribution < 1.29 is 19.2 Å². The van der Waals surface area contributed by atoms with Crippen LogP contribution in [0.1, 0.15) is 32.8 Å². The van der Waals surface area contributed by atoms with Crippen LogP contribution in [0.3, 0.4) is 0 Å². The number of benzene rings is 1. The molecule has 5 nitrogen and oxygen atoms in total. The van der Waals surface area contributed by atoms with Crippen LogP contribution in [0.15, 0.2) is 30.3 Å². The largest absolute Gasteiger partial charge is 0.465 e. The first kappa shape index (κ1) is 15.7. The summed E-state index contributed by atoms with van der Waals surface area (Å²) in [5.74, 6) is -0.369. The van der Waals surface area contributed by atoms with E-state index in [9.17, 15) is 9.59 Å². The van der Waals surface area contributed by atoms with Crippen molar-refractivity contribution in [3.8, 4) is 0 Å². The van der Waals surface area contributed by atoms with Crippen molar-refractivity contribution in [3.63, 3.8) is 0 Å². The summed E-state index contributed by atoms with van der Waals surface area (Å²) in [4.78, 5) is 29.4. The van der Waals surface area contributed by atoms with Gasteiger partial charge >= 0.3 is 5.97 Å². The molecule has 1 aromatic carbocycles. The number of nitrogens with zero attached hydrogens (tertiary/aromatic N) is 1. The van der Waals surface area contributed by atoms with Gasteiger partial charge in [0.25, 0.3) is 0 Å². The van der Waals surface area contributed by atoms with Crippen molar-refractivity contribution in [2.75, 3.05) is 6.61 Å². The molecule has 21 heavy (non-hydrogen) atoms. The molecule has 0 saturated carbocycles. The molecule has 5 heteroatoms. The topological polar surface area (TPSA) is 55.8 Å². The highest BCUT2D eigenvalue weighted by atomic mass is 16.7. The lowest BCUT2D eigenvalue weighted by Crippen LogP contribution is -2.48. The Balaban J connectivity index is 2.26. The van der Waals surface area contributed by atoms with Gasteiger partial charge in [-0.1, -0.05) is 30.3 Å².